The minimum absolute atomic E-state index is 0.596. The summed E-state index contributed by atoms with van der Waals surface area (Å²) in [6, 6.07) is 8.33. The van der Waals surface area contributed by atoms with Crippen LogP contribution in [0.4, 0.5) is 13.2 Å². The Morgan fingerprint density at radius 3 is 1.95 bits per heavy atom. The number of alkyl halides is 3. The molecule has 3 nitrogen and oxygen atoms in total. The van der Waals surface area contributed by atoms with Crippen LogP contribution in [-0.4, -0.2) is 19.5 Å². The van der Waals surface area contributed by atoms with Gasteiger partial charge in [-0.05, 0) is 0 Å². The normalized spacial score (nSPS) is 14.3. The molecule has 0 radical (unpaired) electrons. The topological polar surface area (TPSA) is 43.4 Å². The van der Waals surface area contributed by atoms with Crippen LogP contribution in [0.3, 0.4) is 0 Å². The molecule has 0 aliphatic heterocycles. The van der Waals surface area contributed by atoms with E-state index < -0.39 is 40.6 Å². The molecule has 0 fully saturated rings. The van der Waals surface area contributed by atoms with Crippen LogP contribution < -0.4 is 0 Å². The molecule has 0 N–H and O–H groups in total. The van der Waals surface area contributed by atoms with E-state index in [0.717, 1.165) is 0 Å². The zero-order valence-electron chi connectivity index (χ0n) is 10.5. The number of hydrogen-bond donors (Lipinski definition) is 0. The van der Waals surface area contributed by atoms with Crippen molar-refractivity contribution in [3.8, 4) is 0 Å². The van der Waals surface area contributed by atoms with E-state index in [1.807, 2.05) is 19.6 Å². The van der Waals surface area contributed by atoms with Crippen molar-refractivity contribution in [3.05, 3.63) is 33.9 Å². The Hall–Kier alpha value is -0.133. The molecule has 0 amide bonds. The van der Waals surface area contributed by atoms with E-state index in [4.69, 9.17) is 0 Å². The standard InChI is InChI=1S/C10H14F3IO3SSi/c1-19(2,3)14(9-7-5-4-6-8-9)17-18(15,16)10(11,12)13/h4-8H,1-3H3. The third kappa shape index (κ3) is 4.43. The Balaban J connectivity index is 3.17. The van der Waals surface area contributed by atoms with Crippen LogP contribution in [0.2, 0.25) is 19.6 Å². The molecule has 0 atom stereocenters. The summed E-state index contributed by atoms with van der Waals surface area (Å²) in [4.78, 5) is 0. The van der Waals surface area contributed by atoms with Crippen molar-refractivity contribution in [2.24, 2.45) is 0 Å². The van der Waals surface area contributed by atoms with Crippen molar-refractivity contribution in [1.29, 1.82) is 0 Å². The van der Waals surface area contributed by atoms with Gasteiger partial charge in [-0.2, -0.15) is 0 Å². The fraction of sp³-hybridized carbons (Fsp3) is 0.400. The summed E-state index contributed by atoms with van der Waals surface area (Å²) in [7, 11) is -5.52. The Morgan fingerprint density at radius 2 is 1.58 bits per heavy atom. The summed E-state index contributed by atoms with van der Waals surface area (Å²) in [5.74, 6) is 0. The van der Waals surface area contributed by atoms with E-state index in [1.165, 1.54) is 0 Å². The van der Waals surface area contributed by atoms with Gasteiger partial charge in [-0.1, -0.05) is 0 Å². The predicted molar refractivity (Wildman–Crippen MR) is 78.6 cm³/mol. The Bertz CT molecular complexity index is 525. The van der Waals surface area contributed by atoms with Gasteiger partial charge in [-0.15, -0.1) is 0 Å². The number of benzene rings is 1. The van der Waals surface area contributed by atoms with Crippen LogP contribution in [-0.2, 0) is 12.6 Å². The molecule has 0 unspecified atom stereocenters. The van der Waals surface area contributed by atoms with Gasteiger partial charge in [0.2, 0.25) is 0 Å². The van der Waals surface area contributed by atoms with Crippen LogP contribution in [0.1, 0.15) is 0 Å². The molecule has 1 aromatic rings. The van der Waals surface area contributed by atoms with E-state index in [2.05, 4.69) is 2.51 Å². The second-order valence-electron chi connectivity index (χ2n) is 4.57. The van der Waals surface area contributed by atoms with Gasteiger partial charge in [0, 0.05) is 0 Å². The van der Waals surface area contributed by atoms with Gasteiger partial charge in [0.05, 0.1) is 0 Å². The van der Waals surface area contributed by atoms with E-state index in [0.29, 0.717) is 3.57 Å². The molecule has 0 aromatic heterocycles. The van der Waals surface area contributed by atoms with E-state index in [9.17, 15) is 21.6 Å². The first-order chi connectivity index (χ1) is 8.45. The van der Waals surface area contributed by atoms with Gasteiger partial charge >= 0.3 is 118 Å². The Morgan fingerprint density at radius 1 is 1.11 bits per heavy atom. The molecule has 0 aliphatic rings. The zero-order chi connectivity index (χ0) is 14.9. The third-order valence-electron chi connectivity index (χ3n) is 1.88. The van der Waals surface area contributed by atoms with Crippen molar-refractivity contribution in [2.45, 2.75) is 25.1 Å². The molecule has 0 spiro atoms. The third-order valence-corrected chi connectivity index (χ3v) is 19.7. The Labute approximate surface area is 118 Å². The average molecular weight is 426 g/mol. The fourth-order valence-electron chi connectivity index (χ4n) is 1.11. The van der Waals surface area contributed by atoms with Crippen molar-refractivity contribution < 1.29 is 24.1 Å². The van der Waals surface area contributed by atoms with E-state index in [-0.39, 0.29) is 0 Å². The minimum atomic E-state index is -5.52. The molecular weight excluding hydrogens is 412 g/mol. The van der Waals surface area contributed by atoms with Gasteiger partial charge in [0.25, 0.3) is 0 Å². The van der Waals surface area contributed by atoms with Crippen LogP contribution in [0.15, 0.2) is 30.3 Å². The molecular formula is C10H14F3IO3SSi. The molecule has 1 rings (SSSR count). The first kappa shape index (κ1) is 16.9. The average Bonchev–Trinajstić information content (AvgIpc) is 2.24. The van der Waals surface area contributed by atoms with Crippen molar-refractivity contribution >= 4 is 35.1 Å². The molecule has 0 saturated heterocycles. The molecule has 9 heteroatoms. The van der Waals surface area contributed by atoms with Crippen LogP contribution in [0, 0.1) is 3.57 Å². The van der Waals surface area contributed by atoms with Gasteiger partial charge in [0.1, 0.15) is 0 Å². The summed E-state index contributed by atoms with van der Waals surface area (Å²) in [5, 5.41) is 0. The summed E-state index contributed by atoms with van der Waals surface area (Å²) in [6.07, 6.45) is 0. The summed E-state index contributed by atoms with van der Waals surface area (Å²) < 4.78 is 64.9. The second kappa shape index (κ2) is 5.70. The predicted octanol–water partition coefficient (Wildman–Crippen LogP) is 3.98. The van der Waals surface area contributed by atoms with Crippen molar-refractivity contribution in [1.82, 2.24) is 0 Å². The first-order valence-electron chi connectivity index (χ1n) is 5.21. The second-order valence-corrected chi connectivity index (χ2v) is 26.0. The Kier molecular flexibility index (Phi) is 5.07. The zero-order valence-corrected chi connectivity index (χ0v) is 14.5. The maximum atomic E-state index is 12.4. The van der Waals surface area contributed by atoms with E-state index in [1.54, 1.807) is 30.3 Å². The molecule has 0 saturated carbocycles. The number of hydrogen-bond acceptors (Lipinski definition) is 3. The molecule has 110 valence electrons. The van der Waals surface area contributed by atoms with Gasteiger partial charge in [-0.3, -0.25) is 0 Å². The summed E-state index contributed by atoms with van der Waals surface area (Å²) in [6.45, 7) is 5.45. The molecule has 19 heavy (non-hydrogen) atoms. The van der Waals surface area contributed by atoms with Gasteiger partial charge in [-0.25, -0.2) is 0 Å². The summed E-state index contributed by atoms with van der Waals surface area (Å²) >= 11 is -2.88. The van der Waals surface area contributed by atoms with Crippen molar-refractivity contribution in [2.75, 3.05) is 0 Å². The molecule has 0 aliphatic carbocycles. The summed E-state index contributed by atoms with van der Waals surface area (Å²) in [5.41, 5.74) is -7.52. The molecule has 0 bridgehead atoms. The number of halogens is 4. The van der Waals surface area contributed by atoms with Crippen LogP contribution >= 0.6 is 19.4 Å². The molecule has 0 heterocycles. The van der Waals surface area contributed by atoms with E-state index >= 15 is 0 Å². The maximum absolute atomic E-state index is 12.4. The quantitative estimate of drug-likeness (QED) is 0.317. The van der Waals surface area contributed by atoms with Crippen LogP contribution in [0.25, 0.3) is 0 Å². The number of rotatable bonds is 4. The SMILES string of the molecule is C[Si](C)(C)I(OS(=O)(=O)C(F)(F)F)c1ccccc1. The van der Waals surface area contributed by atoms with Gasteiger partial charge < -0.3 is 0 Å². The van der Waals surface area contributed by atoms with Gasteiger partial charge in [0.15, 0.2) is 0 Å². The fourth-order valence-corrected chi connectivity index (χ4v) is 19.5. The monoisotopic (exact) mass is 426 g/mol. The first-order valence-corrected chi connectivity index (χ1v) is 15.2. The molecule has 1 aromatic carbocycles. The van der Waals surface area contributed by atoms with Crippen LogP contribution in [0.5, 0.6) is 0 Å². The van der Waals surface area contributed by atoms with Crippen molar-refractivity contribution in [3.63, 3.8) is 0 Å².